The van der Waals surface area contributed by atoms with Gasteiger partial charge in [-0.05, 0) is 31.6 Å². The van der Waals surface area contributed by atoms with Crippen LogP contribution < -0.4 is 10.6 Å². The number of rotatable bonds is 4. The minimum Gasteiger partial charge on any atom is -0.371 e. The van der Waals surface area contributed by atoms with E-state index in [4.69, 9.17) is 0 Å². The fourth-order valence-corrected chi connectivity index (χ4v) is 2.65. The zero-order valence-corrected chi connectivity index (χ0v) is 11.5. The monoisotopic (exact) mass is 269 g/mol. The number of anilines is 2. The van der Waals surface area contributed by atoms with Gasteiger partial charge >= 0.3 is 0 Å². The minimum absolute atomic E-state index is 0.0751. The normalized spacial score (nSPS) is 23.2. The van der Waals surface area contributed by atoms with Gasteiger partial charge in [-0.3, -0.25) is 0 Å². The number of hydrogen-bond acceptors (Lipinski definition) is 3. The average Bonchev–Trinajstić information content (AvgIpc) is 2.42. The molecule has 3 nitrogen and oxygen atoms in total. The maximum absolute atomic E-state index is 13.7. The largest absolute Gasteiger partial charge is 0.371 e. The molecular weight excluding hydrogens is 248 g/mol. The highest BCUT2D eigenvalue weighted by atomic mass is 19.1. The lowest BCUT2D eigenvalue weighted by atomic mass is 9.84. The Bertz CT molecular complexity index is 429. The van der Waals surface area contributed by atoms with Crippen LogP contribution in [0.15, 0.2) is 6.07 Å². The van der Waals surface area contributed by atoms with Crippen molar-refractivity contribution in [2.75, 3.05) is 17.7 Å². The Morgan fingerprint density at radius 1 is 1.16 bits per heavy atom. The predicted molar refractivity (Wildman–Crippen MR) is 73.4 cm³/mol. The lowest BCUT2D eigenvalue weighted by Gasteiger charge is -2.29. The molecule has 0 unspecified atom stereocenters. The number of aromatic nitrogens is 1. The third-order valence-electron chi connectivity index (χ3n) is 3.93. The molecule has 5 heteroatoms. The zero-order valence-electron chi connectivity index (χ0n) is 11.5. The van der Waals surface area contributed by atoms with Gasteiger partial charge in [0.25, 0.3) is 0 Å². The highest BCUT2D eigenvalue weighted by Gasteiger charge is 2.21. The van der Waals surface area contributed by atoms with E-state index in [2.05, 4.69) is 22.5 Å². The van der Waals surface area contributed by atoms with E-state index >= 15 is 0 Å². The average molecular weight is 269 g/mol. The molecule has 0 amide bonds. The molecule has 106 valence electrons. The topological polar surface area (TPSA) is 37.0 Å². The van der Waals surface area contributed by atoms with Gasteiger partial charge < -0.3 is 10.6 Å². The molecule has 1 fully saturated rings. The molecule has 1 heterocycles. The highest BCUT2D eigenvalue weighted by Crippen LogP contribution is 2.29. The molecule has 1 aromatic rings. The molecule has 1 aliphatic rings. The van der Waals surface area contributed by atoms with Crippen molar-refractivity contribution in [2.45, 2.75) is 45.1 Å². The van der Waals surface area contributed by atoms with Crippen LogP contribution in [0.5, 0.6) is 0 Å². The molecule has 0 saturated heterocycles. The van der Waals surface area contributed by atoms with E-state index in [1.807, 2.05) is 0 Å². The number of hydrogen-bond donors (Lipinski definition) is 2. The minimum atomic E-state index is -0.666. The van der Waals surface area contributed by atoms with Crippen molar-refractivity contribution in [1.29, 1.82) is 0 Å². The van der Waals surface area contributed by atoms with E-state index in [0.717, 1.165) is 37.7 Å². The molecule has 1 aromatic heterocycles. The summed E-state index contributed by atoms with van der Waals surface area (Å²) in [4.78, 5) is 3.95. The van der Waals surface area contributed by atoms with E-state index in [9.17, 15) is 8.78 Å². The molecular formula is C14H21F2N3. The molecule has 19 heavy (non-hydrogen) atoms. The first-order chi connectivity index (χ1) is 9.13. The van der Waals surface area contributed by atoms with Crippen molar-refractivity contribution in [3.05, 3.63) is 17.7 Å². The molecule has 0 aliphatic heterocycles. The van der Waals surface area contributed by atoms with E-state index in [1.165, 1.54) is 6.42 Å². The molecule has 0 atom stereocenters. The van der Waals surface area contributed by atoms with Gasteiger partial charge in [0.1, 0.15) is 0 Å². The van der Waals surface area contributed by atoms with Gasteiger partial charge in [0, 0.05) is 19.2 Å². The second-order valence-corrected chi connectivity index (χ2v) is 5.17. The summed E-state index contributed by atoms with van der Waals surface area (Å²) in [7, 11) is 1.57. The summed E-state index contributed by atoms with van der Waals surface area (Å²) in [6, 6.07) is 1.11. The Balaban J connectivity index is 2.03. The van der Waals surface area contributed by atoms with Crippen LogP contribution in [0.3, 0.4) is 0 Å². The molecule has 1 aliphatic carbocycles. The third-order valence-corrected chi connectivity index (χ3v) is 3.93. The van der Waals surface area contributed by atoms with Crippen molar-refractivity contribution in [3.8, 4) is 0 Å². The van der Waals surface area contributed by atoms with Crippen molar-refractivity contribution in [2.24, 2.45) is 5.92 Å². The van der Waals surface area contributed by atoms with Crippen LogP contribution in [0, 0.1) is 17.6 Å². The van der Waals surface area contributed by atoms with Crippen LogP contribution in [0.1, 0.15) is 39.0 Å². The molecule has 0 bridgehead atoms. The zero-order chi connectivity index (χ0) is 13.8. The SMILES string of the molecule is CCC1CCC(Nc2nc(NC)c(F)cc2F)CC1. The summed E-state index contributed by atoms with van der Waals surface area (Å²) >= 11 is 0. The number of pyridine rings is 1. The second-order valence-electron chi connectivity index (χ2n) is 5.17. The van der Waals surface area contributed by atoms with Crippen molar-refractivity contribution >= 4 is 11.6 Å². The van der Waals surface area contributed by atoms with Gasteiger partial charge in [-0.25, -0.2) is 13.8 Å². The van der Waals surface area contributed by atoms with Crippen LogP contribution in [0.4, 0.5) is 20.4 Å². The Morgan fingerprint density at radius 2 is 1.79 bits per heavy atom. The third kappa shape index (κ3) is 3.33. The number of halogens is 2. The van der Waals surface area contributed by atoms with Gasteiger partial charge in [0.15, 0.2) is 23.3 Å². The van der Waals surface area contributed by atoms with E-state index < -0.39 is 11.6 Å². The first-order valence-electron chi connectivity index (χ1n) is 6.94. The predicted octanol–water partition coefficient (Wildman–Crippen LogP) is 3.78. The van der Waals surface area contributed by atoms with Gasteiger partial charge in [0.05, 0.1) is 0 Å². The van der Waals surface area contributed by atoms with Crippen LogP contribution in [-0.2, 0) is 0 Å². The maximum atomic E-state index is 13.7. The lowest BCUT2D eigenvalue weighted by Crippen LogP contribution is -2.27. The van der Waals surface area contributed by atoms with Crippen LogP contribution in [0.2, 0.25) is 0 Å². The van der Waals surface area contributed by atoms with Gasteiger partial charge in [-0.1, -0.05) is 13.3 Å². The van der Waals surface area contributed by atoms with E-state index in [0.29, 0.717) is 0 Å². The summed E-state index contributed by atoms with van der Waals surface area (Å²) in [5.74, 6) is -0.289. The number of nitrogens with one attached hydrogen (secondary N) is 2. The van der Waals surface area contributed by atoms with Crippen LogP contribution in [-0.4, -0.2) is 18.1 Å². The summed E-state index contributed by atoms with van der Waals surface area (Å²) < 4.78 is 27.0. The summed E-state index contributed by atoms with van der Waals surface area (Å²) in [6.45, 7) is 2.21. The fraction of sp³-hybridized carbons (Fsp3) is 0.643. The molecule has 0 spiro atoms. The maximum Gasteiger partial charge on any atom is 0.168 e. The second kappa shape index (κ2) is 6.17. The summed E-state index contributed by atoms with van der Waals surface area (Å²) in [6.07, 6.45) is 5.57. The van der Waals surface area contributed by atoms with Crippen LogP contribution in [0.25, 0.3) is 0 Å². The molecule has 0 radical (unpaired) electrons. The molecule has 0 aromatic carbocycles. The fourth-order valence-electron chi connectivity index (χ4n) is 2.65. The quantitative estimate of drug-likeness (QED) is 0.873. The molecule has 2 N–H and O–H groups in total. The van der Waals surface area contributed by atoms with Crippen LogP contribution >= 0.6 is 0 Å². The first-order valence-corrected chi connectivity index (χ1v) is 6.94. The van der Waals surface area contributed by atoms with Crippen molar-refractivity contribution in [1.82, 2.24) is 4.98 Å². The highest BCUT2D eigenvalue weighted by molar-refractivity contribution is 5.47. The smallest absolute Gasteiger partial charge is 0.168 e. The van der Waals surface area contributed by atoms with Crippen molar-refractivity contribution in [3.63, 3.8) is 0 Å². The van der Waals surface area contributed by atoms with E-state index in [-0.39, 0.29) is 17.7 Å². The Kier molecular flexibility index (Phi) is 4.56. The Morgan fingerprint density at radius 3 is 2.37 bits per heavy atom. The summed E-state index contributed by atoms with van der Waals surface area (Å²) in [5, 5.41) is 5.73. The Hall–Kier alpha value is -1.39. The molecule has 1 saturated carbocycles. The summed E-state index contributed by atoms with van der Waals surface area (Å²) in [5.41, 5.74) is 0. The lowest BCUT2D eigenvalue weighted by molar-refractivity contribution is 0.329. The van der Waals surface area contributed by atoms with Gasteiger partial charge in [-0.15, -0.1) is 0 Å². The molecule has 2 rings (SSSR count). The van der Waals surface area contributed by atoms with E-state index in [1.54, 1.807) is 7.05 Å². The van der Waals surface area contributed by atoms with Crippen molar-refractivity contribution < 1.29 is 8.78 Å². The van der Waals surface area contributed by atoms with Gasteiger partial charge in [0.2, 0.25) is 0 Å². The van der Waals surface area contributed by atoms with Gasteiger partial charge in [-0.2, -0.15) is 0 Å². The number of nitrogens with zero attached hydrogens (tertiary/aromatic N) is 1. The Labute approximate surface area is 112 Å². The standard InChI is InChI=1S/C14H21F2N3/c1-3-9-4-6-10(7-5-9)18-14-12(16)8-11(15)13(17-2)19-14/h8-10H,3-7H2,1-2H3,(H2,17,18,19). The first kappa shape index (κ1) is 14.0.